The molecule has 27 heavy (non-hydrogen) atoms. The third kappa shape index (κ3) is 7.47. The lowest BCUT2D eigenvalue weighted by Gasteiger charge is -2.17. The SMILES string of the molecule is Cc1ccc(NC(=O)CSc2cccc(NC(=O)CC(C)(C)C)c2)c(C)c1. The smallest absolute Gasteiger partial charge is 0.234 e. The van der Waals surface area contributed by atoms with E-state index in [1.54, 1.807) is 0 Å². The van der Waals surface area contributed by atoms with E-state index < -0.39 is 0 Å². The number of carbonyl (C=O) groups excluding carboxylic acids is 2. The quantitative estimate of drug-likeness (QED) is 0.655. The van der Waals surface area contributed by atoms with E-state index in [4.69, 9.17) is 0 Å². The van der Waals surface area contributed by atoms with Crippen molar-refractivity contribution in [1.82, 2.24) is 0 Å². The zero-order chi connectivity index (χ0) is 20.0. The van der Waals surface area contributed by atoms with Crippen LogP contribution in [-0.4, -0.2) is 17.6 Å². The summed E-state index contributed by atoms with van der Waals surface area (Å²) in [5.74, 6) is 0.263. The standard InChI is InChI=1S/C22H28N2O2S/c1-15-9-10-19(16(2)11-15)24-21(26)14-27-18-8-6-7-17(12-18)23-20(25)13-22(3,4)5/h6-12H,13-14H2,1-5H3,(H,23,25)(H,24,26). The molecule has 2 N–H and O–H groups in total. The topological polar surface area (TPSA) is 58.2 Å². The summed E-state index contributed by atoms with van der Waals surface area (Å²) in [6.07, 6.45) is 0.461. The van der Waals surface area contributed by atoms with Crippen molar-refractivity contribution >= 4 is 35.0 Å². The lowest BCUT2D eigenvalue weighted by molar-refractivity contribution is -0.118. The number of nitrogens with one attached hydrogen (secondary N) is 2. The van der Waals surface area contributed by atoms with Gasteiger partial charge in [-0.25, -0.2) is 0 Å². The zero-order valence-corrected chi connectivity index (χ0v) is 17.5. The molecule has 0 atom stereocenters. The van der Waals surface area contributed by atoms with Crippen molar-refractivity contribution in [2.24, 2.45) is 5.41 Å². The summed E-state index contributed by atoms with van der Waals surface area (Å²) in [5, 5.41) is 5.88. The van der Waals surface area contributed by atoms with Gasteiger partial charge < -0.3 is 10.6 Å². The van der Waals surface area contributed by atoms with E-state index in [1.807, 2.05) is 77.1 Å². The largest absolute Gasteiger partial charge is 0.326 e. The van der Waals surface area contributed by atoms with Crippen LogP contribution in [0, 0.1) is 19.3 Å². The van der Waals surface area contributed by atoms with Crippen LogP contribution >= 0.6 is 11.8 Å². The molecule has 5 heteroatoms. The molecule has 0 spiro atoms. The van der Waals surface area contributed by atoms with E-state index in [0.29, 0.717) is 12.2 Å². The van der Waals surface area contributed by atoms with Crippen LogP contribution in [0.2, 0.25) is 0 Å². The van der Waals surface area contributed by atoms with Crippen LogP contribution in [0.4, 0.5) is 11.4 Å². The summed E-state index contributed by atoms with van der Waals surface area (Å²) in [4.78, 5) is 25.3. The van der Waals surface area contributed by atoms with Gasteiger partial charge in [0.15, 0.2) is 0 Å². The lowest BCUT2D eigenvalue weighted by atomic mass is 9.92. The second-order valence-electron chi connectivity index (χ2n) is 7.97. The van der Waals surface area contributed by atoms with Crippen molar-refractivity contribution in [1.29, 1.82) is 0 Å². The number of benzene rings is 2. The highest BCUT2D eigenvalue weighted by atomic mass is 32.2. The van der Waals surface area contributed by atoms with Crippen LogP contribution in [-0.2, 0) is 9.59 Å². The molecule has 0 aromatic heterocycles. The molecule has 2 aromatic rings. The van der Waals surface area contributed by atoms with E-state index >= 15 is 0 Å². The number of hydrogen-bond acceptors (Lipinski definition) is 3. The van der Waals surface area contributed by atoms with E-state index in [0.717, 1.165) is 21.8 Å². The first kappa shape index (κ1) is 21.0. The molecule has 4 nitrogen and oxygen atoms in total. The highest BCUT2D eigenvalue weighted by Crippen LogP contribution is 2.24. The highest BCUT2D eigenvalue weighted by Gasteiger charge is 2.16. The fraction of sp³-hybridized carbons (Fsp3) is 0.364. The lowest BCUT2D eigenvalue weighted by Crippen LogP contribution is -2.19. The predicted octanol–water partition coefficient (Wildman–Crippen LogP) is 5.41. The number of thioether (sulfide) groups is 1. The van der Waals surface area contributed by atoms with E-state index in [9.17, 15) is 9.59 Å². The minimum absolute atomic E-state index is 0.00256. The Bertz CT molecular complexity index is 825. The van der Waals surface area contributed by atoms with Crippen LogP contribution in [0.5, 0.6) is 0 Å². The van der Waals surface area contributed by atoms with Crippen molar-refractivity contribution < 1.29 is 9.59 Å². The molecule has 0 unspecified atom stereocenters. The van der Waals surface area contributed by atoms with Gasteiger partial charge in [0.25, 0.3) is 0 Å². The summed E-state index contributed by atoms with van der Waals surface area (Å²) in [6, 6.07) is 13.5. The van der Waals surface area contributed by atoms with Crippen LogP contribution < -0.4 is 10.6 Å². The number of amides is 2. The maximum Gasteiger partial charge on any atom is 0.234 e. The van der Waals surface area contributed by atoms with Crippen LogP contribution in [0.3, 0.4) is 0 Å². The van der Waals surface area contributed by atoms with Gasteiger partial charge >= 0.3 is 0 Å². The van der Waals surface area contributed by atoms with Crippen molar-refractivity contribution in [2.45, 2.75) is 45.9 Å². The summed E-state index contributed by atoms with van der Waals surface area (Å²) >= 11 is 1.45. The maximum atomic E-state index is 12.2. The van der Waals surface area contributed by atoms with Gasteiger partial charge in [0.05, 0.1) is 5.75 Å². The molecule has 0 aliphatic rings. The fourth-order valence-corrected chi connectivity index (χ4v) is 3.39. The Hall–Kier alpha value is -2.27. The number of anilines is 2. The van der Waals surface area contributed by atoms with Gasteiger partial charge in [-0.2, -0.15) is 0 Å². The third-order valence-electron chi connectivity index (χ3n) is 3.83. The molecular formula is C22H28N2O2S. The molecule has 0 aliphatic heterocycles. The minimum Gasteiger partial charge on any atom is -0.326 e. The Morgan fingerprint density at radius 1 is 0.963 bits per heavy atom. The zero-order valence-electron chi connectivity index (χ0n) is 16.7. The minimum atomic E-state index is -0.0529. The average Bonchev–Trinajstić information content (AvgIpc) is 2.54. The Balaban J connectivity index is 1.90. The number of rotatable bonds is 6. The molecule has 0 radical (unpaired) electrons. The fourth-order valence-electron chi connectivity index (χ4n) is 2.64. The van der Waals surface area contributed by atoms with Gasteiger partial charge in [-0.3, -0.25) is 9.59 Å². The number of aryl methyl sites for hydroxylation is 2. The summed E-state index contributed by atoms with van der Waals surface area (Å²) < 4.78 is 0. The normalized spacial score (nSPS) is 11.1. The van der Waals surface area contributed by atoms with E-state index in [1.165, 1.54) is 17.3 Å². The van der Waals surface area contributed by atoms with Crippen LogP contribution in [0.1, 0.15) is 38.3 Å². The highest BCUT2D eigenvalue weighted by molar-refractivity contribution is 8.00. The second kappa shape index (κ2) is 9.09. The van der Waals surface area contributed by atoms with Gasteiger partial charge in [-0.15, -0.1) is 11.8 Å². The number of carbonyl (C=O) groups is 2. The van der Waals surface area contributed by atoms with Gasteiger partial charge in [0.1, 0.15) is 0 Å². The van der Waals surface area contributed by atoms with E-state index in [2.05, 4.69) is 10.6 Å². The first-order valence-electron chi connectivity index (χ1n) is 9.02. The van der Waals surface area contributed by atoms with Gasteiger partial charge in [-0.05, 0) is 49.1 Å². The van der Waals surface area contributed by atoms with E-state index in [-0.39, 0.29) is 17.2 Å². The third-order valence-corrected chi connectivity index (χ3v) is 4.83. The number of hydrogen-bond donors (Lipinski definition) is 2. The predicted molar refractivity (Wildman–Crippen MR) is 114 cm³/mol. The molecule has 2 rings (SSSR count). The van der Waals surface area contributed by atoms with Gasteiger partial charge in [0.2, 0.25) is 11.8 Å². The molecule has 0 bridgehead atoms. The maximum absolute atomic E-state index is 12.2. The van der Waals surface area contributed by atoms with Crippen LogP contribution in [0.25, 0.3) is 0 Å². The molecule has 0 fully saturated rings. The Kier molecular flexibility index (Phi) is 7.08. The molecule has 0 saturated carbocycles. The Morgan fingerprint density at radius 3 is 2.37 bits per heavy atom. The molecule has 144 valence electrons. The molecular weight excluding hydrogens is 356 g/mol. The summed E-state index contributed by atoms with van der Waals surface area (Å²) in [5.41, 5.74) is 3.77. The molecule has 2 aromatic carbocycles. The molecule has 0 aliphatic carbocycles. The monoisotopic (exact) mass is 384 g/mol. The molecule has 0 heterocycles. The van der Waals surface area contributed by atoms with Crippen LogP contribution in [0.15, 0.2) is 47.4 Å². The Morgan fingerprint density at radius 2 is 1.70 bits per heavy atom. The first-order chi connectivity index (χ1) is 12.6. The van der Waals surface area contributed by atoms with Gasteiger partial charge in [-0.1, -0.05) is 44.5 Å². The summed E-state index contributed by atoms with van der Waals surface area (Å²) in [7, 11) is 0. The molecule has 2 amide bonds. The van der Waals surface area contributed by atoms with Crippen molar-refractivity contribution in [3.8, 4) is 0 Å². The second-order valence-corrected chi connectivity index (χ2v) is 9.02. The van der Waals surface area contributed by atoms with Crippen molar-refractivity contribution in [3.05, 3.63) is 53.6 Å². The van der Waals surface area contributed by atoms with Crippen molar-refractivity contribution in [2.75, 3.05) is 16.4 Å². The average molecular weight is 385 g/mol. The first-order valence-corrected chi connectivity index (χ1v) is 10.0. The van der Waals surface area contributed by atoms with Crippen molar-refractivity contribution in [3.63, 3.8) is 0 Å². The van der Waals surface area contributed by atoms with Gasteiger partial charge in [0, 0.05) is 22.7 Å². The Labute approximate surface area is 166 Å². The molecule has 0 saturated heterocycles. The summed E-state index contributed by atoms with van der Waals surface area (Å²) in [6.45, 7) is 10.1.